The number of phenolic OH excluding ortho intramolecular Hbond substituents is 1. The molecule has 0 aliphatic heterocycles. The molecule has 0 saturated carbocycles. The van der Waals surface area contributed by atoms with Crippen LogP contribution in [0.5, 0.6) is 11.5 Å². The maximum atomic E-state index is 12.6. The van der Waals surface area contributed by atoms with Crippen molar-refractivity contribution in [3.63, 3.8) is 0 Å². The van der Waals surface area contributed by atoms with Crippen LogP contribution in [0.3, 0.4) is 0 Å². The first-order valence-corrected chi connectivity index (χ1v) is 11.5. The second-order valence-electron chi connectivity index (χ2n) is 8.09. The maximum absolute atomic E-state index is 12.6. The lowest BCUT2D eigenvalue weighted by Gasteiger charge is -2.18. The molecule has 4 aromatic carbocycles. The molecule has 7 nitrogen and oxygen atoms in total. The SMILES string of the molecule is CN(Cc1ccccc1)C(=O)COc1ccc(/C=N/NC(=O)c2ccc(O)c(Cl)c2)c2ccccc12. The van der Waals surface area contributed by atoms with E-state index in [-0.39, 0.29) is 28.8 Å². The highest BCUT2D eigenvalue weighted by Crippen LogP contribution is 2.28. The highest BCUT2D eigenvalue weighted by atomic mass is 35.5. The third-order valence-corrected chi connectivity index (χ3v) is 5.84. The highest BCUT2D eigenvalue weighted by molar-refractivity contribution is 6.32. The molecule has 2 N–H and O–H groups in total. The zero-order valence-electron chi connectivity index (χ0n) is 19.5. The third kappa shape index (κ3) is 6.00. The van der Waals surface area contributed by atoms with Gasteiger partial charge in [-0.3, -0.25) is 9.59 Å². The minimum absolute atomic E-state index is 0.0814. The predicted octanol–water partition coefficient (Wildman–Crippen LogP) is 5.00. The van der Waals surface area contributed by atoms with Gasteiger partial charge in [-0.1, -0.05) is 66.2 Å². The minimum atomic E-state index is -0.462. The minimum Gasteiger partial charge on any atom is -0.506 e. The number of hydrogen-bond acceptors (Lipinski definition) is 5. The van der Waals surface area contributed by atoms with Gasteiger partial charge in [0.25, 0.3) is 11.8 Å². The number of benzene rings is 4. The molecule has 4 aromatic rings. The number of nitrogens with zero attached hydrogens (tertiary/aromatic N) is 2. The van der Waals surface area contributed by atoms with E-state index in [0.717, 1.165) is 21.9 Å². The fraction of sp³-hybridized carbons (Fsp3) is 0.107. The Morgan fingerprint density at radius 2 is 1.72 bits per heavy atom. The molecule has 0 aliphatic carbocycles. The Hall–Kier alpha value is -4.36. The molecular weight excluding hydrogens is 478 g/mol. The molecule has 0 bridgehead atoms. The highest BCUT2D eigenvalue weighted by Gasteiger charge is 2.13. The number of hydrazone groups is 1. The molecule has 8 heteroatoms. The normalized spacial score (nSPS) is 10.9. The van der Waals surface area contributed by atoms with Gasteiger partial charge in [-0.15, -0.1) is 0 Å². The van der Waals surface area contributed by atoms with Crippen molar-refractivity contribution in [3.8, 4) is 11.5 Å². The van der Waals surface area contributed by atoms with E-state index in [2.05, 4.69) is 10.5 Å². The van der Waals surface area contributed by atoms with Crippen molar-refractivity contribution in [1.29, 1.82) is 0 Å². The van der Waals surface area contributed by atoms with E-state index in [4.69, 9.17) is 16.3 Å². The molecule has 0 unspecified atom stereocenters. The van der Waals surface area contributed by atoms with Crippen molar-refractivity contribution in [3.05, 3.63) is 107 Å². The standard InChI is InChI=1S/C28H24ClN3O4/c1-32(17-19-7-3-2-4-8-19)27(34)18-36-26-14-12-21(22-9-5-6-10-23(22)26)16-30-31-28(35)20-11-13-25(33)24(29)15-20/h2-16,33H,17-18H2,1H3,(H,31,35)/b30-16+. The summed E-state index contributed by atoms with van der Waals surface area (Å²) in [4.78, 5) is 26.5. The van der Waals surface area contributed by atoms with Gasteiger partial charge < -0.3 is 14.7 Å². The monoisotopic (exact) mass is 501 g/mol. The lowest BCUT2D eigenvalue weighted by molar-refractivity contribution is -0.132. The molecular formula is C28H24ClN3O4. The number of nitrogens with one attached hydrogen (secondary N) is 1. The Labute approximate surface area is 213 Å². The fourth-order valence-electron chi connectivity index (χ4n) is 3.60. The summed E-state index contributed by atoms with van der Waals surface area (Å²) in [5, 5.41) is 15.3. The quantitative estimate of drug-likeness (QED) is 0.262. The van der Waals surface area contributed by atoms with Gasteiger partial charge in [-0.05, 0) is 41.3 Å². The molecule has 182 valence electrons. The molecule has 36 heavy (non-hydrogen) atoms. The summed E-state index contributed by atoms with van der Waals surface area (Å²) in [6, 6.07) is 25.1. The lowest BCUT2D eigenvalue weighted by atomic mass is 10.0. The first kappa shape index (κ1) is 24.8. The first-order valence-electron chi connectivity index (χ1n) is 11.2. The van der Waals surface area contributed by atoms with E-state index < -0.39 is 5.91 Å². The Morgan fingerprint density at radius 3 is 2.47 bits per heavy atom. The van der Waals surface area contributed by atoms with E-state index >= 15 is 0 Å². The summed E-state index contributed by atoms with van der Waals surface area (Å²) in [5.41, 5.74) is 4.53. The van der Waals surface area contributed by atoms with E-state index in [1.165, 1.54) is 24.4 Å². The summed E-state index contributed by atoms with van der Waals surface area (Å²) in [6.07, 6.45) is 1.53. The number of ether oxygens (including phenoxy) is 1. The van der Waals surface area contributed by atoms with Crippen LogP contribution in [0.2, 0.25) is 5.02 Å². The number of hydrogen-bond donors (Lipinski definition) is 2. The van der Waals surface area contributed by atoms with Gasteiger partial charge in [0, 0.05) is 30.1 Å². The molecule has 0 saturated heterocycles. The Balaban J connectivity index is 1.43. The second kappa shape index (κ2) is 11.4. The van der Waals surface area contributed by atoms with Gasteiger partial charge in [0.1, 0.15) is 11.5 Å². The van der Waals surface area contributed by atoms with Crippen LogP contribution in [0, 0.1) is 0 Å². The molecule has 0 spiro atoms. The maximum Gasteiger partial charge on any atom is 0.271 e. The van der Waals surface area contributed by atoms with Gasteiger partial charge in [-0.2, -0.15) is 5.10 Å². The number of rotatable bonds is 8. The van der Waals surface area contributed by atoms with Crippen LogP contribution in [0.4, 0.5) is 0 Å². The molecule has 0 radical (unpaired) electrons. The zero-order valence-corrected chi connectivity index (χ0v) is 20.3. The largest absolute Gasteiger partial charge is 0.506 e. The number of carbonyl (C=O) groups is 2. The van der Waals surface area contributed by atoms with Crippen molar-refractivity contribution < 1.29 is 19.4 Å². The van der Waals surface area contributed by atoms with E-state index in [9.17, 15) is 14.7 Å². The molecule has 0 aliphatic rings. The summed E-state index contributed by atoms with van der Waals surface area (Å²) >= 11 is 5.86. The smallest absolute Gasteiger partial charge is 0.271 e. The molecule has 4 rings (SSSR count). The average Bonchev–Trinajstić information content (AvgIpc) is 2.89. The number of aromatic hydroxyl groups is 1. The summed E-state index contributed by atoms with van der Waals surface area (Å²) in [7, 11) is 1.75. The van der Waals surface area contributed by atoms with Crippen LogP contribution < -0.4 is 10.2 Å². The Morgan fingerprint density at radius 1 is 1.00 bits per heavy atom. The van der Waals surface area contributed by atoms with Gasteiger partial charge in [0.15, 0.2) is 6.61 Å². The number of fused-ring (bicyclic) bond motifs is 1. The summed E-state index contributed by atoms with van der Waals surface area (Å²) in [6.45, 7) is 0.410. The van der Waals surface area contributed by atoms with E-state index in [0.29, 0.717) is 12.3 Å². The second-order valence-corrected chi connectivity index (χ2v) is 8.50. The van der Waals surface area contributed by atoms with Gasteiger partial charge in [0.2, 0.25) is 0 Å². The van der Waals surface area contributed by atoms with Crippen LogP contribution in [0.15, 0.2) is 90.0 Å². The van der Waals surface area contributed by atoms with Crippen LogP contribution in [0.1, 0.15) is 21.5 Å². The molecule has 0 aromatic heterocycles. The number of halogens is 1. The number of phenols is 1. The average molecular weight is 502 g/mol. The molecule has 2 amide bonds. The van der Waals surface area contributed by atoms with E-state index in [1.807, 2.05) is 60.7 Å². The number of amides is 2. The van der Waals surface area contributed by atoms with Crippen molar-refractivity contribution in [2.75, 3.05) is 13.7 Å². The van der Waals surface area contributed by atoms with Gasteiger partial charge in [-0.25, -0.2) is 5.43 Å². The topological polar surface area (TPSA) is 91.2 Å². The zero-order chi connectivity index (χ0) is 25.5. The molecule has 0 heterocycles. The van der Waals surface area contributed by atoms with Gasteiger partial charge >= 0.3 is 0 Å². The van der Waals surface area contributed by atoms with Crippen molar-refractivity contribution in [2.45, 2.75) is 6.54 Å². The first-order chi connectivity index (χ1) is 17.4. The molecule has 0 atom stereocenters. The molecule has 0 fully saturated rings. The van der Waals surface area contributed by atoms with Crippen LogP contribution >= 0.6 is 11.6 Å². The van der Waals surface area contributed by atoms with Crippen LogP contribution in [-0.4, -0.2) is 41.7 Å². The fourth-order valence-corrected chi connectivity index (χ4v) is 3.78. The summed E-state index contributed by atoms with van der Waals surface area (Å²) < 4.78 is 5.88. The van der Waals surface area contributed by atoms with Crippen LogP contribution in [-0.2, 0) is 11.3 Å². The number of likely N-dealkylation sites (N-methyl/N-ethyl adjacent to an activating group) is 1. The van der Waals surface area contributed by atoms with Crippen molar-refractivity contribution >= 4 is 40.4 Å². The van der Waals surface area contributed by atoms with Crippen molar-refractivity contribution in [1.82, 2.24) is 10.3 Å². The third-order valence-electron chi connectivity index (χ3n) is 5.54. The Kier molecular flexibility index (Phi) is 7.82. The van der Waals surface area contributed by atoms with Crippen molar-refractivity contribution in [2.24, 2.45) is 5.10 Å². The predicted molar refractivity (Wildman–Crippen MR) is 141 cm³/mol. The van der Waals surface area contributed by atoms with Gasteiger partial charge in [0.05, 0.1) is 11.2 Å². The lowest BCUT2D eigenvalue weighted by Crippen LogP contribution is -2.30. The summed E-state index contributed by atoms with van der Waals surface area (Å²) in [5.74, 6) is -0.122. The number of carbonyl (C=O) groups excluding carboxylic acids is 2. The van der Waals surface area contributed by atoms with E-state index in [1.54, 1.807) is 18.0 Å². The van der Waals surface area contributed by atoms with Crippen LogP contribution in [0.25, 0.3) is 10.8 Å². The Bertz CT molecular complexity index is 1420.